The summed E-state index contributed by atoms with van der Waals surface area (Å²) in [6, 6.07) is 7.16. The van der Waals surface area contributed by atoms with Crippen molar-refractivity contribution in [1.29, 1.82) is 0 Å². The molecule has 3 unspecified atom stereocenters. The van der Waals surface area contributed by atoms with Crippen LogP contribution in [0.5, 0.6) is 0 Å². The number of nitrogens with zero attached hydrogens (tertiary/aromatic N) is 4. The third-order valence-electron chi connectivity index (χ3n) is 6.65. The minimum absolute atomic E-state index is 0.0839. The second-order valence-electron chi connectivity index (χ2n) is 9.18. The van der Waals surface area contributed by atoms with Gasteiger partial charge in [0.15, 0.2) is 0 Å². The van der Waals surface area contributed by atoms with Crippen molar-refractivity contribution in [3.05, 3.63) is 53.9 Å². The molecule has 5 nitrogen and oxygen atoms in total. The van der Waals surface area contributed by atoms with E-state index >= 15 is 0 Å². The lowest BCUT2D eigenvalue weighted by atomic mass is 10.0. The molecule has 2 aromatic rings. The molecule has 3 atom stereocenters. The summed E-state index contributed by atoms with van der Waals surface area (Å²) in [5.41, 5.74) is 2.07. The number of amides is 1. The lowest BCUT2D eigenvalue weighted by molar-refractivity contribution is -0.144. The number of carbonyl (C=O) groups is 1. The first kappa shape index (κ1) is 20.1. The summed E-state index contributed by atoms with van der Waals surface area (Å²) in [4.78, 5) is 21.8. The average molecular weight is 399 g/mol. The molecule has 2 aliphatic rings. The molecule has 1 aliphatic carbocycles. The highest BCUT2D eigenvalue weighted by atomic mass is 19.1. The van der Waals surface area contributed by atoms with Crippen molar-refractivity contribution < 1.29 is 9.18 Å². The molecule has 156 valence electrons. The predicted octanol–water partition coefficient (Wildman–Crippen LogP) is 3.85. The van der Waals surface area contributed by atoms with Gasteiger partial charge in [0.05, 0.1) is 18.1 Å². The van der Waals surface area contributed by atoms with Gasteiger partial charge >= 0.3 is 0 Å². The summed E-state index contributed by atoms with van der Waals surface area (Å²) in [5.74, 6) is 0.106. The zero-order chi connectivity index (χ0) is 20.8. The zero-order valence-corrected chi connectivity index (χ0v) is 17.8. The van der Waals surface area contributed by atoms with Crippen LogP contribution in [0.4, 0.5) is 4.39 Å². The zero-order valence-electron chi connectivity index (χ0n) is 17.8. The third-order valence-corrected chi connectivity index (χ3v) is 6.65. The Morgan fingerprint density at radius 1 is 1.21 bits per heavy atom. The summed E-state index contributed by atoms with van der Waals surface area (Å²) >= 11 is 0. The van der Waals surface area contributed by atoms with Crippen LogP contribution in [0.1, 0.15) is 57.8 Å². The molecule has 6 heteroatoms. The quantitative estimate of drug-likeness (QED) is 0.768. The topological polar surface area (TPSA) is 41.4 Å². The SMILES string of the molecule is CC1CN(Cc2cncn2C(C)c2ccc(F)cc2)CC(C)N1C(=O)C1(C)CC1. The van der Waals surface area contributed by atoms with Gasteiger partial charge in [0, 0.05) is 43.3 Å². The second kappa shape index (κ2) is 7.56. The molecule has 4 rings (SSSR count). The molecule has 0 bridgehead atoms. The molecular formula is C23H31FN4O. The highest BCUT2D eigenvalue weighted by Crippen LogP contribution is 2.47. The lowest BCUT2D eigenvalue weighted by Gasteiger charge is -2.45. The molecule has 1 aliphatic heterocycles. The van der Waals surface area contributed by atoms with E-state index in [-0.39, 0.29) is 29.4 Å². The van der Waals surface area contributed by atoms with Gasteiger partial charge in [0.2, 0.25) is 5.91 Å². The smallest absolute Gasteiger partial charge is 0.229 e. The van der Waals surface area contributed by atoms with Crippen molar-refractivity contribution in [2.75, 3.05) is 13.1 Å². The second-order valence-corrected chi connectivity index (χ2v) is 9.18. The fraction of sp³-hybridized carbons (Fsp3) is 0.565. The molecule has 1 aromatic carbocycles. The number of piperazine rings is 1. The van der Waals surface area contributed by atoms with E-state index in [9.17, 15) is 9.18 Å². The summed E-state index contributed by atoms with van der Waals surface area (Å²) in [5, 5.41) is 0. The van der Waals surface area contributed by atoms with Gasteiger partial charge in [-0.15, -0.1) is 0 Å². The van der Waals surface area contributed by atoms with Crippen molar-refractivity contribution in [3.63, 3.8) is 0 Å². The van der Waals surface area contributed by atoms with Crippen molar-refractivity contribution in [2.45, 2.75) is 65.2 Å². The Labute approximate surface area is 172 Å². The summed E-state index contributed by atoms with van der Waals surface area (Å²) in [6.45, 7) is 11.0. The van der Waals surface area contributed by atoms with Crippen molar-refractivity contribution in [2.24, 2.45) is 5.41 Å². The normalized spacial score (nSPS) is 25.1. The van der Waals surface area contributed by atoms with Gasteiger partial charge in [-0.2, -0.15) is 0 Å². The van der Waals surface area contributed by atoms with E-state index in [1.54, 1.807) is 0 Å². The number of halogens is 1. The maximum absolute atomic E-state index is 13.3. The molecular weight excluding hydrogens is 367 g/mol. The molecule has 1 amide bonds. The van der Waals surface area contributed by atoms with E-state index in [1.807, 2.05) is 24.7 Å². The van der Waals surface area contributed by atoms with E-state index < -0.39 is 0 Å². The Morgan fingerprint density at radius 2 is 1.83 bits per heavy atom. The summed E-state index contributed by atoms with van der Waals surface area (Å²) in [6.07, 6.45) is 5.81. The minimum atomic E-state index is -0.220. The molecule has 1 aromatic heterocycles. The van der Waals surface area contributed by atoms with Crippen molar-refractivity contribution >= 4 is 5.91 Å². The number of benzene rings is 1. The van der Waals surface area contributed by atoms with Gasteiger partial charge in [-0.05, 0) is 51.3 Å². The Hall–Kier alpha value is -2.21. The number of hydrogen-bond acceptors (Lipinski definition) is 3. The van der Waals surface area contributed by atoms with Crippen LogP contribution in [-0.2, 0) is 11.3 Å². The van der Waals surface area contributed by atoms with Crippen LogP contribution in [0.25, 0.3) is 0 Å². The maximum atomic E-state index is 13.3. The average Bonchev–Trinajstić information content (AvgIpc) is 3.26. The number of hydrogen-bond donors (Lipinski definition) is 0. The number of carbonyl (C=O) groups excluding carboxylic acids is 1. The Bertz CT molecular complexity index is 861. The van der Waals surface area contributed by atoms with Gasteiger partial charge in [0.1, 0.15) is 5.82 Å². The van der Waals surface area contributed by atoms with Gasteiger partial charge in [-0.1, -0.05) is 19.1 Å². The Kier molecular flexibility index (Phi) is 5.23. The number of aromatic nitrogens is 2. The number of imidazole rings is 1. The van der Waals surface area contributed by atoms with Crippen LogP contribution < -0.4 is 0 Å². The summed E-state index contributed by atoms with van der Waals surface area (Å²) in [7, 11) is 0. The first-order chi connectivity index (χ1) is 13.8. The Morgan fingerprint density at radius 3 is 2.41 bits per heavy atom. The molecule has 0 spiro atoms. The predicted molar refractivity (Wildman–Crippen MR) is 111 cm³/mol. The van der Waals surface area contributed by atoms with Crippen LogP contribution in [0.15, 0.2) is 36.8 Å². The number of rotatable bonds is 5. The lowest BCUT2D eigenvalue weighted by Crippen LogP contribution is -2.59. The van der Waals surface area contributed by atoms with Crippen LogP contribution in [0.3, 0.4) is 0 Å². The monoisotopic (exact) mass is 398 g/mol. The first-order valence-corrected chi connectivity index (χ1v) is 10.6. The highest BCUT2D eigenvalue weighted by Gasteiger charge is 2.49. The van der Waals surface area contributed by atoms with Crippen molar-refractivity contribution in [3.8, 4) is 0 Å². The van der Waals surface area contributed by atoms with Gasteiger partial charge in [0.25, 0.3) is 0 Å². The van der Waals surface area contributed by atoms with Gasteiger partial charge < -0.3 is 9.47 Å². The van der Waals surface area contributed by atoms with Crippen molar-refractivity contribution in [1.82, 2.24) is 19.4 Å². The molecule has 29 heavy (non-hydrogen) atoms. The standard InChI is InChI=1S/C23H31FN4O/c1-16-12-26(13-17(2)28(16)22(29)23(4)9-10-23)14-21-11-25-15-27(21)18(3)19-5-7-20(24)8-6-19/h5-8,11,15-18H,9-10,12-14H2,1-4H3. The maximum Gasteiger partial charge on any atom is 0.229 e. The van der Waals surface area contributed by atoms with E-state index in [1.165, 1.54) is 12.1 Å². The van der Waals surface area contributed by atoms with Crippen LogP contribution in [0.2, 0.25) is 0 Å². The molecule has 0 radical (unpaired) electrons. The van der Waals surface area contributed by atoms with E-state index in [0.29, 0.717) is 5.91 Å². The molecule has 2 heterocycles. The Balaban J connectivity index is 1.45. The first-order valence-electron chi connectivity index (χ1n) is 10.6. The highest BCUT2D eigenvalue weighted by molar-refractivity contribution is 5.85. The van der Waals surface area contributed by atoms with Gasteiger partial charge in [-0.3, -0.25) is 9.69 Å². The van der Waals surface area contributed by atoms with Gasteiger partial charge in [-0.25, -0.2) is 9.37 Å². The molecule has 2 fully saturated rings. The fourth-order valence-corrected chi connectivity index (χ4v) is 4.61. The molecule has 1 saturated carbocycles. The largest absolute Gasteiger partial charge is 0.334 e. The van der Waals surface area contributed by atoms with E-state index in [0.717, 1.165) is 43.7 Å². The van der Waals surface area contributed by atoms with E-state index in [4.69, 9.17) is 0 Å². The molecule has 1 saturated heterocycles. The minimum Gasteiger partial charge on any atom is -0.334 e. The summed E-state index contributed by atoms with van der Waals surface area (Å²) < 4.78 is 15.4. The van der Waals surface area contributed by atoms with Crippen LogP contribution in [-0.4, -0.2) is 50.4 Å². The van der Waals surface area contributed by atoms with Crippen LogP contribution in [0, 0.1) is 11.2 Å². The molecule has 0 N–H and O–H groups in total. The van der Waals surface area contributed by atoms with Crippen LogP contribution >= 0.6 is 0 Å². The fourth-order valence-electron chi connectivity index (χ4n) is 4.61. The third kappa shape index (κ3) is 3.95. The van der Waals surface area contributed by atoms with E-state index in [2.05, 4.69) is 47.0 Å².